The molecule has 1 fully saturated rings. The van der Waals surface area contributed by atoms with Crippen molar-refractivity contribution in [3.63, 3.8) is 0 Å². The summed E-state index contributed by atoms with van der Waals surface area (Å²) in [5.41, 5.74) is 2.50. The Balaban J connectivity index is 1.67. The maximum atomic E-state index is 13.1. The molecule has 132 valence electrons. The molecule has 4 rings (SSSR count). The third kappa shape index (κ3) is 2.50. The van der Waals surface area contributed by atoms with Crippen LogP contribution in [0.1, 0.15) is 40.5 Å². The second-order valence-corrected chi connectivity index (χ2v) is 6.36. The molecule has 25 heavy (non-hydrogen) atoms. The summed E-state index contributed by atoms with van der Waals surface area (Å²) in [7, 11) is 3.49. The van der Waals surface area contributed by atoms with Crippen LogP contribution in [0.15, 0.2) is 18.2 Å². The summed E-state index contributed by atoms with van der Waals surface area (Å²) >= 11 is 0. The van der Waals surface area contributed by atoms with Gasteiger partial charge in [0.2, 0.25) is 12.7 Å². The topological polar surface area (TPSA) is 65.8 Å². The molecule has 0 saturated carbocycles. The average molecular weight is 343 g/mol. The van der Waals surface area contributed by atoms with Crippen molar-refractivity contribution in [2.45, 2.75) is 25.8 Å². The Morgan fingerprint density at radius 2 is 2.12 bits per heavy atom. The molecule has 2 aliphatic heterocycles. The van der Waals surface area contributed by atoms with Crippen LogP contribution in [0.25, 0.3) is 0 Å². The zero-order valence-corrected chi connectivity index (χ0v) is 14.6. The normalized spacial score (nSPS) is 18.7. The van der Waals surface area contributed by atoms with Gasteiger partial charge >= 0.3 is 0 Å². The number of benzene rings is 1. The minimum atomic E-state index is -0.0263. The van der Waals surface area contributed by atoms with Gasteiger partial charge in [0.15, 0.2) is 11.5 Å². The van der Waals surface area contributed by atoms with Crippen LogP contribution in [0.4, 0.5) is 0 Å². The highest BCUT2D eigenvalue weighted by Gasteiger charge is 2.35. The van der Waals surface area contributed by atoms with Gasteiger partial charge in [-0.2, -0.15) is 5.10 Å². The van der Waals surface area contributed by atoms with E-state index in [0.717, 1.165) is 30.6 Å². The first-order chi connectivity index (χ1) is 12.1. The number of nitrogens with zero attached hydrogens (tertiary/aromatic N) is 3. The number of methoxy groups -OCH3 is 1. The van der Waals surface area contributed by atoms with Crippen molar-refractivity contribution in [2.24, 2.45) is 7.05 Å². The molecule has 0 unspecified atom stereocenters. The van der Waals surface area contributed by atoms with E-state index in [1.54, 1.807) is 30.0 Å². The number of ether oxygens (including phenoxy) is 3. The maximum Gasteiger partial charge on any atom is 0.254 e. The van der Waals surface area contributed by atoms with Crippen molar-refractivity contribution in [3.05, 3.63) is 35.0 Å². The van der Waals surface area contributed by atoms with Crippen molar-refractivity contribution in [1.82, 2.24) is 14.7 Å². The first-order valence-corrected chi connectivity index (χ1v) is 8.38. The van der Waals surface area contributed by atoms with Gasteiger partial charge in [-0.1, -0.05) is 0 Å². The van der Waals surface area contributed by atoms with E-state index < -0.39 is 0 Å². The van der Waals surface area contributed by atoms with Crippen molar-refractivity contribution in [1.29, 1.82) is 0 Å². The van der Waals surface area contributed by atoms with Crippen LogP contribution < -0.4 is 14.2 Å². The van der Waals surface area contributed by atoms with Crippen LogP contribution in [0.5, 0.6) is 17.4 Å². The quantitative estimate of drug-likeness (QED) is 0.856. The largest absolute Gasteiger partial charge is 0.481 e. The van der Waals surface area contributed by atoms with E-state index in [2.05, 4.69) is 5.10 Å². The molecule has 0 bridgehead atoms. The Hall–Kier alpha value is -2.70. The predicted molar refractivity (Wildman–Crippen MR) is 90.1 cm³/mol. The van der Waals surface area contributed by atoms with Crippen molar-refractivity contribution < 1.29 is 19.0 Å². The number of hydrogen-bond acceptors (Lipinski definition) is 5. The van der Waals surface area contributed by atoms with E-state index in [9.17, 15) is 4.79 Å². The number of likely N-dealkylation sites (tertiary alicyclic amines) is 1. The van der Waals surface area contributed by atoms with Gasteiger partial charge in [-0.3, -0.25) is 4.79 Å². The zero-order chi connectivity index (χ0) is 17.6. The molecular formula is C18H21N3O4. The van der Waals surface area contributed by atoms with Crippen molar-refractivity contribution in [3.8, 4) is 17.4 Å². The highest BCUT2D eigenvalue weighted by atomic mass is 16.7. The Kier molecular flexibility index (Phi) is 3.78. The van der Waals surface area contributed by atoms with Gasteiger partial charge in [-0.25, -0.2) is 4.68 Å². The van der Waals surface area contributed by atoms with Gasteiger partial charge in [-0.15, -0.1) is 0 Å². The lowest BCUT2D eigenvalue weighted by Crippen LogP contribution is -2.31. The summed E-state index contributed by atoms with van der Waals surface area (Å²) in [6, 6.07) is 5.31. The second-order valence-electron chi connectivity index (χ2n) is 6.36. The smallest absolute Gasteiger partial charge is 0.254 e. The van der Waals surface area contributed by atoms with Crippen LogP contribution >= 0.6 is 0 Å². The highest BCUT2D eigenvalue weighted by molar-refractivity contribution is 5.95. The summed E-state index contributed by atoms with van der Waals surface area (Å²) in [6.07, 6.45) is 1.86. The fourth-order valence-corrected chi connectivity index (χ4v) is 3.78. The molecule has 1 aromatic heterocycles. The summed E-state index contributed by atoms with van der Waals surface area (Å²) in [5.74, 6) is 2.01. The third-order valence-electron chi connectivity index (χ3n) is 4.87. The lowest BCUT2D eigenvalue weighted by Gasteiger charge is -2.25. The lowest BCUT2D eigenvalue weighted by molar-refractivity contribution is 0.0733. The Morgan fingerprint density at radius 3 is 2.92 bits per heavy atom. The molecule has 0 aliphatic carbocycles. The van der Waals surface area contributed by atoms with Gasteiger partial charge < -0.3 is 19.1 Å². The van der Waals surface area contributed by atoms with Gasteiger partial charge in [0, 0.05) is 19.2 Å². The number of rotatable bonds is 3. The number of carbonyl (C=O) groups excluding carboxylic acids is 1. The summed E-state index contributed by atoms with van der Waals surface area (Å²) in [5, 5.41) is 4.46. The molecule has 2 aromatic rings. The fourth-order valence-electron chi connectivity index (χ4n) is 3.78. The Morgan fingerprint density at radius 1 is 1.32 bits per heavy atom. The molecule has 0 N–H and O–H groups in total. The van der Waals surface area contributed by atoms with E-state index in [0.29, 0.717) is 22.9 Å². The number of amides is 1. The van der Waals surface area contributed by atoms with Crippen LogP contribution in [0.3, 0.4) is 0 Å². The monoisotopic (exact) mass is 343 g/mol. The molecule has 1 saturated heterocycles. The predicted octanol–water partition coefficient (Wildman–Crippen LogP) is 2.44. The summed E-state index contributed by atoms with van der Waals surface area (Å²) in [4.78, 5) is 15.0. The van der Waals surface area contributed by atoms with Gasteiger partial charge in [0.1, 0.15) is 0 Å². The Labute approximate surface area is 146 Å². The minimum absolute atomic E-state index is 0.00824. The number of hydrogen-bond donors (Lipinski definition) is 0. The van der Waals surface area contributed by atoms with Crippen molar-refractivity contribution in [2.75, 3.05) is 20.4 Å². The zero-order valence-electron chi connectivity index (χ0n) is 14.6. The molecular weight excluding hydrogens is 322 g/mol. The molecule has 1 amide bonds. The van der Waals surface area contributed by atoms with Crippen LogP contribution in [-0.4, -0.2) is 41.0 Å². The molecule has 0 spiro atoms. The molecule has 7 nitrogen and oxygen atoms in total. The number of carbonyl (C=O) groups is 1. The highest BCUT2D eigenvalue weighted by Crippen LogP contribution is 2.40. The second kappa shape index (κ2) is 5.98. The van der Waals surface area contributed by atoms with E-state index >= 15 is 0 Å². The van der Waals surface area contributed by atoms with Gasteiger partial charge in [0.25, 0.3) is 5.91 Å². The van der Waals surface area contributed by atoms with Crippen molar-refractivity contribution >= 4 is 5.91 Å². The SMILES string of the molecule is COc1c([C@H]2CCCN2C(=O)c2ccc3c(c2)OCO3)c(C)nn1C. The van der Waals surface area contributed by atoms with Gasteiger partial charge in [0.05, 0.1) is 24.4 Å². The lowest BCUT2D eigenvalue weighted by atomic mass is 10.0. The minimum Gasteiger partial charge on any atom is -0.481 e. The van der Waals surface area contributed by atoms with Gasteiger partial charge in [-0.05, 0) is 38.0 Å². The first-order valence-electron chi connectivity index (χ1n) is 8.38. The van der Waals surface area contributed by atoms with E-state index in [4.69, 9.17) is 14.2 Å². The van der Waals surface area contributed by atoms with Crippen LogP contribution in [0.2, 0.25) is 0 Å². The molecule has 7 heteroatoms. The molecule has 1 atom stereocenters. The molecule has 3 heterocycles. The summed E-state index contributed by atoms with van der Waals surface area (Å²) < 4.78 is 18.0. The molecule has 2 aliphatic rings. The van der Waals surface area contributed by atoms with E-state index in [1.807, 2.05) is 18.9 Å². The van der Waals surface area contributed by atoms with Crippen LogP contribution in [0, 0.1) is 6.92 Å². The average Bonchev–Trinajstić information content (AvgIpc) is 3.31. The number of fused-ring (bicyclic) bond motifs is 1. The standard InChI is InChI=1S/C18H21N3O4/c1-11-16(18(23-3)20(2)19-11)13-5-4-8-21(13)17(22)12-6-7-14-15(9-12)25-10-24-14/h6-7,9,13H,4-5,8,10H2,1-3H3/t13-/m1/s1. The van der Waals surface area contributed by atoms with E-state index in [-0.39, 0.29) is 18.7 Å². The number of aromatic nitrogens is 2. The summed E-state index contributed by atoms with van der Waals surface area (Å²) in [6.45, 7) is 2.88. The number of aryl methyl sites for hydroxylation is 2. The fraction of sp³-hybridized carbons (Fsp3) is 0.444. The molecule has 1 aromatic carbocycles. The first kappa shape index (κ1) is 15.8. The van der Waals surface area contributed by atoms with Crippen LogP contribution in [-0.2, 0) is 7.05 Å². The van der Waals surface area contributed by atoms with E-state index in [1.165, 1.54) is 0 Å². The molecule has 0 radical (unpaired) electrons. The maximum absolute atomic E-state index is 13.1. The Bertz CT molecular complexity index is 830. The third-order valence-corrected chi connectivity index (χ3v) is 4.87.